The van der Waals surface area contributed by atoms with Gasteiger partial charge in [0.2, 0.25) is 5.95 Å². The van der Waals surface area contributed by atoms with Gasteiger partial charge in [-0.1, -0.05) is 11.6 Å². The van der Waals surface area contributed by atoms with Crippen molar-refractivity contribution in [3.63, 3.8) is 0 Å². The number of likely N-dealkylation sites (tertiary alicyclic amines) is 1. The summed E-state index contributed by atoms with van der Waals surface area (Å²) in [4.78, 5) is 22.3. The summed E-state index contributed by atoms with van der Waals surface area (Å²) < 4.78 is 80.8. The molecule has 0 saturated carbocycles. The first-order chi connectivity index (χ1) is 22.6. The van der Waals surface area contributed by atoms with Gasteiger partial charge in [-0.3, -0.25) is 4.72 Å². The monoisotopic (exact) mass is 703 g/mol. The maximum absolute atomic E-state index is 15.9. The van der Waals surface area contributed by atoms with E-state index >= 15 is 13.2 Å². The van der Waals surface area contributed by atoms with Gasteiger partial charge < -0.3 is 20.1 Å². The Kier molecular flexibility index (Phi) is 8.94. The molecule has 3 aromatic carbocycles. The summed E-state index contributed by atoms with van der Waals surface area (Å²) in [5.74, 6) is -3.02. The van der Waals surface area contributed by atoms with Crippen molar-refractivity contribution in [1.82, 2.24) is 14.9 Å². The second-order valence-electron chi connectivity index (χ2n) is 12.9. The van der Waals surface area contributed by atoms with Gasteiger partial charge in [0.15, 0.2) is 5.82 Å². The minimum Gasteiger partial charge on any atom is -0.444 e. The van der Waals surface area contributed by atoms with Gasteiger partial charge in [0.1, 0.15) is 22.8 Å². The number of benzene rings is 3. The van der Waals surface area contributed by atoms with Crippen LogP contribution in [0.4, 0.5) is 29.6 Å². The number of sulfonamides is 1. The molecule has 10 nitrogen and oxygen atoms in total. The van der Waals surface area contributed by atoms with Crippen LogP contribution in [-0.4, -0.2) is 59.2 Å². The predicted molar refractivity (Wildman–Crippen MR) is 175 cm³/mol. The SMILES string of the molecule is CC(C)(C)OC(=O)N1CCC(Nc2ncc3cc(-c4c(F)ccc(NS(=O)(=O)c5cc(Cl)cc6c5CC[C@H]6O)c4F)cc(F)c3n2)CC1. The summed E-state index contributed by atoms with van der Waals surface area (Å²) in [6.45, 7) is 6.31. The number of anilines is 2. The van der Waals surface area contributed by atoms with Gasteiger partial charge in [-0.15, -0.1) is 0 Å². The largest absolute Gasteiger partial charge is 0.444 e. The third-order valence-electron chi connectivity index (χ3n) is 8.27. The van der Waals surface area contributed by atoms with Gasteiger partial charge in [-0.2, -0.15) is 0 Å². The van der Waals surface area contributed by atoms with E-state index in [9.17, 15) is 18.3 Å². The van der Waals surface area contributed by atoms with E-state index in [4.69, 9.17) is 16.3 Å². The minimum absolute atomic E-state index is 0.0751. The molecule has 2 heterocycles. The van der Waals surface area contributed by atoms with Crippen LogP contribution in [0.15, 0.2) is 47.5 Å². The lowest BCUT2D eigenvalue weighted by Crippen LogP contribution is -2.44. The molecule has 1 aromatic heterocycles. The quantitative estimate of drug-likeness (QED) is 0.196. The van der Waals surface area contributed by atoms with Crippen LogP contribution in [0.2, 0.25) is 5.02 Å². The highest BCUT2D eigenvalue weighted by Crippen LogP contribution is 2.39. The van der Waals surface area contributed by atoms with Crippen LogP contribution in [-0.2, 0) is 21.2 Å². The summed E-state index contributed by atoms with van der Waals surface area (Å²) in [7, 11) is -4.43. The van der Waals surface area contributed by atoms with Crippen molar-refractivity contribution in [2.24, 2.45) is 0 Å². The molecule has 1 saturated heterocycles. The number of aromatic nitrogens is 2. The first-order valence-electron chi connectivity index (χ1n) is 15.3. The van der Waals surface area contributed by atoms with E-state index in [1.54, 1.807) is 25.7 Å². The van der Waals surface area contributed by atoms with E-state index < -0.39 is 50.4 Å². The van der Waals surface area contributed by atoms with Gasteiger partial charge in [-0.25, -0.2) is 36.4 Å². The lowest BCUT2D eigenvalue weighted by Gasteiger charge is -2.33. The number of aliphatic hydroxyl groups excluding tert-OH is 1. The molecule has 0 radical (unpaired) electrons. The summed E-state index contributed by atoms with van der Waals surface area (Å²) in [6, 6.07) is 6.65. The fourth-order valence-electron chi connectivity index (χ4n) is 6.00. The number of ether oxygens (including phenoxy) is 1. The smallest absolute Gasteiger partial charge is 0.410 e. The summed E-state index contributed by atoms with van der Waals surface area (Å²) >= 11 is 6.12. The zero-order valence-electron chi connectivity index (χ0n) is 26.3. The van der Waals surface area contributed by atoms with Crippen molar-refractivity contribution in [2.75, 3.05) is 23.1 Å². The Morgan fingerprint density at radius 2 is 1.79 bits per heavy atom. The first kappa shape index (κ1) is 33.7. The summed E-state index contributed by atoms with van der Waals surface area (Å²) in [5, 5.41) is 13.6. The third kappa shape index (κ3) is 6.87. The van der Waals surface area contributed by atoms with Gasteiger partial charge >= 0.3 is 6.09 Å². The lowest BCUT2D eigenvalue weighted by atomic mass is 10.0. The molecule has 1 amide bonds. The Balaban J connectivity index is 1.22. The predicted octanol–water partition coefficient (Wildman–Crippen LogP) is 6.96. The molecule has 15 heteroatoms. The fraction of sp³-hybridized carbons (Fsp3) is 0.364. The lowest BCUT2D eigenvalue weighted by molar-refractivity contribution is 0.0210. The molecule has 3 N–H and O–H groups in total. The van der Waals surface area contributed by atoms with E-state index in [-0.39, 0.29) is 50.9 Å². The van der Waals surface area contributed by atoms with E-state index in [2.05, 4.69) is 20.0 Å². The first-order valence-corrected chi connectivity index (χ1v) is 17.2. The molecule has 4 aromatic rings. The van der Waals surface area contributed by atoms with Crippen molar-refractivity contribution in [3.8, 4) is 11.1 Å². The van der Waals surface area contributed by atoms with Crippen LogP contribution in [0.25, 0.3) is 22.0 Å². The van der Waals surface area contributed by atoms with Gasteiger partial charge in [0.25, 0.3) is 10.0 Å². The number of nitrogens with zero attached hydrogens (tertiary/aromatic N) is 3. The molecule has 48 heavy (non-hydrogen) atoms. The highest BCUT2D eigenvalue weighted by Gasteiger charge is 2.31. The molecule has 254 valence electrons. The summed E-state index contributed by atoms with van der Waals surface area (Å²) in [5.41, 5.74) is -1.36. The number of nitrogens with one attached hydrogen (secondary N) is 2. The van der Waals surface area contributed by atoms with Gasteiger partial charge in [0.05, 0.1) is 22.3 Å². The minimum atomic E-state index is -4.43. The van der Waals surface area contributed by atoms with Crippen molar-refractivity contribution < 1.29 is 36.2 Å². The molecule has 1 aliphatic heterocycles. The maximum Gasteiger partial charge on any atom is 0.410 e. The Morgan fingerprint density at radius 1 is 1.06 bits per heavy atom. The highest BCUT2D eigenvalue weighted by atomic mass is 35.5. The van der Waals surface area contributed by atoms with E-state index in [0.29, 0.717) is 43.5 Å². The van der Waals surface area contributed by atoms with E-state index in [1.165, 1.54) is 24.4 Å². The molecule has 1 atom stereocenters. The van der Waals surface area contributed by atoms with Crippen molar-refractivity contribution in [2.45, 2.75) is 69.1 Å². The topological polar surface area (TPSA) is 134 Å². The van der Waals surface area contributed by atoms with Crippen molar-refractivity contribution >= 4 is 50.3 Å². The Bertz CT molecular complexity index is 2030. The van der Waals surface area contributed by atoms with Crippen LogP contribution in [0.1, 0.15) is 57.3 Å². The molecule has 0 bridgehead atoms. The molecule has 1 fully saturated rings. The van der Waals surface area contributed by atoms with E-state index in [0.717, 1.165) is 18.2 Å². The second-order valence-corrected chi connectivity index (χ2v) is 15.0. The number of fused-ring (bicyclic) bond motifs is 2. The molecule has 1 aliphatic carbocycles. The number of carbonyl (C=O) groups is 1. The number of hydrogen-bond donors (Lipinski definition) is 3. The van der Waals surface area contributed by atoms with Crippen LogP contribution < -0.4 is 10.0 Å². The van der Waals surface area contributed by atoms with E-state index in [1.807, 2.05) is 0 Å². The fourth-order valence-corrected chi connectivity index (χ4v) is 7.68. The van der Waals surface area contributed by atoms with Crippen molar-refractivity contribution in [1.29, 1.82) is 0 Å². The zero-order valence-corrected chi connectivity index (χ0v) is 27.9. The number of halogens is 4. The molecule has 0 spiro atoms. The van der Waals surface area contributed by atoms with Crippen LogP contribution in [0.5, 0.6) is 0 Å². The number of piperidine rings is 1. The Labute approximate surface area is 280 Å². The average molecular weight is 704 g/mol. The normalized spacial score (nSPS) is 17.0. The number of aliphatic hydroxyl groups is 1. The third-order valence-corrected chi connectivity index (χ3v) is 9.92. The standard InChI is InChI=1S/C33H33ClF3N5O5S/c1-33(2,3)47-32(44)42-10-8-20(9-11-42)39-31-38-16-18-12-17(13-24(36)30(18)40-31)28-23(35)5-6-25(29(28)37)41-48(45,46)27-15-19(34)14-22-21(27)4-7-26(22)43/h5-6,12-16,20,26,41,43H,4,7-11H2,1-3H3,(H,38,39,40)/t26-/m1/s1. The Hall–Kier alpha value is -4.14. The molecular formula is C33H33ClF3N5O5S. The van der Waals surface area contributed by atoms with Crippen LogP contribution in [0.3, 0.4) is 0 Å². The second kappa shape index (κ2) is 12.7. The number of rotatable bonds is 6. The summed E-state index contributed by atoms with van der Waals surface area (Å²) in [6.07, 6.45) is 1.79. The molecule has 2 aliphatic rings. The average Bonchev–Trinajstić information content (AvgIpc) is 3.38. The molecule has 6 rings (SSSR count). The van der Waals surface area contributed by atoms with Crippen LogP contribution in [0, 0.1) is 17.5 Å². The molecular weight excluding hydrogens is 671 g/mol. The molecule has 0 unspecified atom stereocenters. The maximum atomic E-state index is 15.9. The highest BCUT2D eigenvalue weighted by molar-refractivity contribution is 7.92. The van der Waals surface area contributed by atoms with Gasteiger partial charge in [0, 0.05) is 35.7 Å². The Morgan fingerprint density at radius 3 is 2.50 bits per heavy atom. The number of hydrogen-bond acceptors (Lipinski definition) is 8. The van der Waals surface area contributed by atoms with Crippen LogP contribution >= 0.6 is 11.6 Å². The van der Waals surface area contributed by atoms with Crippen molar-refractivity contribution in [3.05, 3.63) is 76.2 Å². The number of carbonyl (C=O) groups excluding carboxylic acids is 1. The zero-order chi connectivity index (χ0) is 34.5. The number of amides is 1. The van der Waals surface area contributed by atoms with Gasteiger partial charge in [-0.05, 0) is 99.5 Å².